The molecule has 8 nitrogen and oxygen atoms in total. The molecule has 0 bridgehead atoms. The second-order valence-corrected chi connectivity index (χ2v) is 7.80. The van der Waals surface area contributed by atoms with Crippen LogP contribution >= 0.6 is 24.0 Å². The molecule has 3 rings (SSSR count). The maximum atomic E-state index is 12.7. The van der Waals surface area contributed by atoms with Crippen molar-refractivity contribution in [3.63, 3.8) is 0 Å². The first-order chi connectivity index (χ1) is 14.4. The molecule has 1 aliphatic heterocycles. The van der Waals surface area contributed by atoms with Crippen LogP contribution in [0.1, 0.15) is 12.5 Å². The topological polar surface area (TPSA) is 102 Å². The smallest absolute Gasteiger partial charge is 0.269 e. The minimum atomic E-state index is -0.525. The van der Waals surface area contributed by atoms with Gasteiger partial charge in [-0.1, -0.05) is 36.1 Å². The molecule has 0 atom stereocenters. The number of benzene rings is 2. The first-order valence-corrected chi connectivity index (χ1v) is 10.1. The van der Waals surface area contributed by atoms with E-state index < -0.39 is 10.8 Å². The minimum Gasteiger partial charge on any atom is -0.494 e. The highest BCUT2D eigenvalue weighted by Gasteiger charge is 2.33. The normalized spacial score (nSPS) is 14.8. The molecule has 0 spiro atoms. The molecule has 10 heteroatoms. The molecule has 2 aromatic rings. The third kappa shape index (κ3) is 5.22. The Balaban J connectivity index is 1.64. The first-order valence-electron chi connectivity index (χ1n) is 8.90. The third-order valence-electron chi connectivity index (χ3n) is 4.03. The molecule has 2 amide bonds. The van der Waals surface area contributed by atoms with Crippen LogP contribution in [-0.4, -0.2) is 39.1 Å². The molecule has 1 fully saturated rings. The van der Waals surface area contributed by atoms with Gasteiger partial charge in [-0.2, -0.15) is 0 Å². The van der Waals surface area contributed by atoms with E-state index in [4.69, 9.17) is 17.0 Å². The molecule has 30 heavy (non-hydrogen) atoms. The first kappa shape index (κ1) is 21.5. The molecule has 1 saturated heterocycles. The Morgan fingerprint density at radius 1 is 1.23 bits per heavy atom. The van der Waals surface area contributed by atoms with E-state index in [0.717, 1.165) is 23.1 Å². The highest BCUT2D eigenvalue weighted by Crippen LogP contribution is 2.32. The lowest BCUT2D eigenvalue weighted by Gasteiger charge is -2.14. The minimum absolute atomic E-state index is 0.0793. The molecule has 0 saturated carbocycles. The Hall–Kier alpha value is -3.24. The van der Waals surface area contributed by atoms with Crippen LogP contribution in [0.3, 0.4) is 0 Å². The van der Waals surface area contributed by atoms with Crippen LogP contribution in [0.2, 0.25) is 0 Å². The summed E-state index contributed by atoms with van der Waals surface area (Å²) in [4.78, 5) is 36.8. The average Bonchev–Trinajstić information content (AvgIpc) is 2.97. The average molecular weight is 444 g/mol. The number of carbonyl (C=O) groups excluding carboxylic acids is 2. The van der Waals surface area contributed by atoms with Crippen LogP contribution in [0.15, 0.2) is 53.4 Å². The fourth-order valence-electron chi connectivity index (χ4n) is 2.63. The number of hydrogen-bond acceptors (Lipinski definition) is 7. The summed E-state index contributed by atoms with van der Waals surface area (Å²) >= 11 is 6.37. The number of non-ortho nitro benzene ring substituents is 1. The Morgan fingerprint density at radius 2 is 1.90 bits per heavy atom. The maximum absolute atomic E-state index is 12.7. The largest absolute Gasteiger partial charge is 0.494 e. The molecule has 1 aliphatic rings. The number of ether oxygens (including phenoxy) is 1. The maximum Gasteiger partial charge on any atom is 0.269 e. The fraction of sp³-hybridized carbons (Fsp3) is 0.150. The summed E-state index contributed by atoms with van der Waals surface area (Å²) in [5.74, 6) is -0.0645. The van der Waals surface area contributed by atoms with Gasteiger partial charge in [-0.15, -0.1) is 0 Å². The highest BCUT2D eigenvalue weighted by molar-refractivity contribution is 8.26. The van der Waals surface area contributed by atoms with Crippen molar-refractivity contribution in [2.45, 2.75) is 6.92 Å². The van der Waals surface area contributed by atoms with Crippen molar-refractivity contribution in [2.24, 2.45) is 0 Å². The monoisotopic (exact) mass is 443 g/mol. The van der Waals surface area contributed by atoms with E-state index in [0.29, 0.717) is 17.2 Å². The molecule has 154 valence electrons. The lowest BCUT2D eigenvalue weighted by atomic mass is 10.2. The molecular formula is C20H17N3O5S2. The predicted molar refractivity (Wildman–Crippen MR) is 119 cm³/mol. The van der Waals surface area contributed by atoms with Crippen molar-refractivity contribution < 1.29 is 19.2 Å². The van der Waals surface area contributed by atoms with Gasteiger partial charge < -0.3 is 10.1 Å². The Labute approximate surface area is 182 Å². The highest BCUT2D eigenvalue weighted by atomic mass is 32.2. The summed E-state index contributed by atoms with van der Waals surface area (Å²) in [7, 11) is 0. The number of carbonyl (C=O) groups is 2. The van der Waals surface area contributed by atoms with Crippen LogP contribution in [0, 0.1) is 10.1 Å². The van der Waals surface area contributed by atoms with Crippen molar-refractivity contribution >= 4 is 57.6 Å². The Bertz CT molecular complexity index is 1020. The number of amides is 2. The van der Waals surface area contributed by atoms with Gasteiger partial charge in [0.1, 0.15) is 16.6 Å². The number of hydrogen-bond donors (Lipinski definition) is 1. The lowest BCUT2D eigenvalue weighted by Crippen LogP contribution is -2.36. The van der Waals surface area contributed by atoms with Crippen LogP contribution in [0.5, 0.6) is 5.75 Å². The zero-order valence-electron chi connectivity index (χ0n) is 15.9. The third-order valence-corrected chi connectivity index (χ3v) is 5.40. The number of nitrogens with zero attached hydrogens (tertiary/aromatic N) is 2. The van der Waals surface area contributed by atoms with Gasteiger partial charge in [0, 0.05) is 17.8 Å². The molecule has 1 N–H and O–H groups in total. The van der Waals surface area contributed by atoms with E-state index in [2.05, 4.69) is 5.32 Å². The molecule has 2 aromatic carbocycles. The van der Waals surface area contributed by atoms with Gasteiger partial charge >= 0.3 is 0 Å². The van der Waals surface area contributed by atoms with E-state index >= 15 is 0 Å². The quantitative estimate of drug-likeness (QED) is 0.300. The zero-order valence-corrected chi connectivity index (χ0v) is 17.5. The van der Waals surface area contributed by atoms with Gasteiger partial charge in [0.05, 0.1) is 16.4 Å². The van der Waals surface area contributed by atoms with Crippen molar-refractivity contribution in [1.29, 1.82) is 0 Å². The fourth-order valence-corrected chi connectivity index (χ4v) is 3.88. The standard InChI is InChI=1S/C20H17N3O5S2/c1-2-28-16-9-3-13(4-10-16)11-17-19(25)22(20(29)30-17)12-18(24)21-14-5-7-15(8-6-14)23(26)27/h3-11H,2,12H2,1H3,(H,21,24)/b17-11-. The molecule has 1 heterocycles. The second-order valence-electron chi connectivity index (χ2n) is 6.12. The lowest BCUT2D eigenvalue weighted by molar-refractivity contribution is -0.384. The van der Waals surface area contributed by atoms with Crippen LogP contribution in [0.4, 0.5) is 11.4 Å². The SMILES string of the molecule is CCOc1ccc(/C=C2\SC(=S)N(CC(=O)Nc3ccc([N+](=O)[O-])cc3)C2=O)cc1. The van der Waals surface area contributed by atoms with Crippen molar-refractivity contribution in [2.75, 3.05) is 18.5 Å². The number of thiocarbonyl (C=S) groups is 1. The molecule has 0 radical (unpaired) electrons. The Kier molecular flexibility index (Phi) is 6.80. The summed E-state index contributed by atoms with van der Waals surface area (Å²) in [5.41, 5.74) is 1.12. The number of thioether (sulfide) groups is 1. The molecule has 0 aromatic heterocycles. The van der Waals surface area contributed by atoms with E-state index in [1.807, 2.05) is 31.2 Å². The number of nitro benzene ring substituents is 1. The molecule has 0 aliphatic carbocycles. The van der Waals surface area contributed by atoms with E-state index in [1.54, 1.807) is 6.08 Å². The van der Waals surface area contributed by atoms with Gasteiger partial charge in [-0.25, -0.2) is 0 Å². The van der Waals surface area contributed by atoms with Crippen LogP contribution < -0.4 is 10.1 Å². The van der Waals surface area contributed by atoms with Gasteiger partial charge in [-0.3, -0.25) is 24.6 Å². The van der Waals surface area contributed by atoms with Crippen molar-refractivity contribution in [3.8, 4) is 5.75 Å². The number of rotatable bonds is 7. The van der Waals surface area contributed by atoms with E-state index in [1.165, 1.54) is 29.2 Å². The molecular weight excluding hydrogens is 426 g/mol. The van der Waals surface area contributed by atoms with Crippen LogP contribution in [-0.2, 0) is 9.59 Å². The second kappa shape index (κ2) is 9.51. The van der Waals surface area contributed by atoms with E-state index in [9.17, 15) is 19.7 Å². The zero-order chi connectivity index (χ0) is 21.7. The van der Waals surface area contributed by atoms with Gasteiger partial charge in [0.25, 0.3) is 11.6 Å². The van der Waals surface area contributed by atoms with Crippen molar-refractivity contribution in [1.82, 2.24) is 4.90 Å². The van der Waals surface area contributed by atoms with Gasteiger partial charge in [0.15, 0.2) is 0 Å². The number of nitro groups is 1. The predicted octanol–water partition coefficient (Wildman–Crippen LogP) is 3.83. The summed E-state index contributed by atoms with van der Waals surface area (Å²) in [6.45, 7) is 2.22. The van der Waals surface area contributed by atoms with Crippen molar-refractivity contribution in [3.05, 3.63) is 69.1 Å². The summed E-state index contributed by atoms with van der Waals surface area (Å²) < 4.78 is 5.69. The molecule has 0 unspecified atom stereocenters. The van der Waals surface area contributed by atoms with Gasteiger partial charge in [0.2, 0.25) is 5.91 Å². The Morgan fingerprint density at radius 3 is 2.50 bits per heavy atom. The summed E-state index contributed by atoms with van der Waals surface area (Å²) in [6.07, 6.45) is 1.71. The number of nitrogens with one attached hydrogen (secondary N) is 1. The van der Waals surface area contributed by atoms with E-state index in [-0.39, 0.29) is 22.5 Å². The van der Waals surface area contributed by atoms with Crippen LogP contribution in [0.25, 0.3) is 6.08 Å². The van der Waals surface area contributed by atoms with Gasteiger partial charge in [-0.05, 0) is 42.8 Å². The summed E-state index contributed by atoms with van der Waals surface area (Å²) in [6, 6.07) is 12.7. The summed E-state index contributed by atoms with van der Waals surface area (Å²) in [5, 5.41) is 13.3. The number of anilines is 1.